The summed E-state index contributed by atoms with van der Waals surface area (Å²) in [6, 6.07) is 4.02. The van der Waals surface area contributed by atoms with E-state index in [0.29, 0.717) is 19.4 Å². The summed E-state index contributed by atoms with van der Waals surface area (Å²) in [5.41, 5.74) is -1.02. The Morgan fingerprint density at radius 3 is 2.81 bits per heavy atom. The van der Waals surface area contributed by atoms with Gasteiger partial charge in [0.15, 0.2) is 5.13 Å². The predicted molar refractivity (Wildman–Crippen MR) is 107 cm³/mol. The zero-order chi connectivity index (χ0) is 22.6. The Balaban J connectivity index is 1.65. The van der Waals surface area contributed by atoms with Gasteiger partial charge in [0.05, 0.1) is 18.1 Å². The molecule has 166 valence electrons. The van der Waals surface area contributed by atoms with Gasteiger partial charge < -0.3 is 9.64 Å². The van der Waals surface area contributed by atoms with Gasteiger partial charge in [0.1, 0.15) is 5.69 Å². The fourth-order valence-corrected chi connectivity index (χ4v) is 3.89. The molecular weight excluding hydrogens is 435 g/mol. The average molecular weight is 455 g/mol. The van der Waals surface area contributed by atoms with Crippen LogP contribution in [0.5, 0.6) is 0 Å². The first-order chi connectivity index (χ1) is 14.7. The van der Waals surface area contributed by atoms with Crippen LogP contribution < -0.4 is 5.32 Å². The fourth-order valence-electron chi connectivity index (χ4n) is 3.21. The normalized spacial score (nSPS) is 16.6. The molecule has 0 saturated carbocycles. The number of hydrogen-bond donors (Lipinski definition) is 1. The first kappa shape index (κ1) is 22.7. The Bertz CT molecular complexity index is 977. The monoisotopic (exact) mass is 455 g/mol. The number of esters is 1. The largest absolute Gasteiger partial charge is 0.466 e. The van der Waals surface area contributed by atoms with Crippen molar-refractivity contribution in [1.29, 1.82) is 0 Å². The molecule has 1 aromatic heterocycles. The molecule has 31 heavy (non-hydrogen) atoms. The van der Waals surface area contributed by atoms with Gasteiger partial charge in [0.25, 0.3) is 11.8 Å². The molecule has 1 unspecified atom stereocenters. The van der Waals surface area contributed by atoms with E-state index in [2.05, 4.69) is 10.3 Å². The molecule has 1 saturated heterocycles. The topological polar surface area (TPSA) is 88.6 Å². The van der Waals surface area contributed by atoms with Crippen LogP contribution >= 0.6 is 11.3 Å². The second kappa shape index (κ2) is 9.46. The van der Waals surface area contributed by atoms with Crippen LogP contribution in [0, 0.1) is 5.92 Å². The fraction of sp³-hybridized carbons (Fsp3) is 0.400. The number of nitrogens with one attached hydrogen (secondary N) is 1. The van der Waals surface area contributed by atoms with Crippen LogP contribution in [0.2, 0.25) is 0 Å². The number of nitrogens with zero attached hydrogens (tertiary/aromatic N) is 2. The molecule has 2 heterocycles. The lowest BCUT2D eigenvalue weighted by atomic mass is 9.98. The minimum Gasteiger partial charge on any atom is -0.466 e. The molecule has 1 fully saturated rings. The third-order valence-electron chi connectivity index (χ3n) is 4.72. The molecule has 0 bridgehead atoms. The number of alkyl halides is 3. The van der Waals surface area contributed by atoms with Gasteiger partial charge in [-0.3, -0.25) is 19.7 Å². The number of carbonyl (C=O) groups excluding carboxylic acids is 3. The third-order valence-corrected chi connectivity index (χ3v) is 5.48. The lowest BCUT2D eigenvalue weighted by Crippen LogP contribution is -2.43. The number of ether oxygens (including phenoxy) is 1. The maximum Gasteiger partial charge on any atom is 0.416 e. The maximum atomic E-state index is 12.8. The molecule has 1 N–H and O–H groups in total. The predicted octanol–water partition coefficient (Wildman–Crippen LogP) is 3.83. The SMILES string of the molecule is CCOC(=O)C1CCCN(C(=O)c2csc(NC(=O)c3cccc(C(F)(F)F)c3)n2)C1. The van der Waals surface area contributed by atoms with Gasteiger partial charge in [-0.05, 0) is 38.0 Å². The van der Waals surface area contributed by atoms with Gasteiger partial charge >= 0.3 is 12.1 Å². The second-order valence-electron chi connectivity index (χ2n) is 6.91. The summed E-state index contributed by atoms with van der Waals surface area (Å²) in [4.78, 5) is 42.6. The molecule has 2 aromatic rings. The highest BCUT2D eigenvalue weighted by Crippen LogP contribution is 2.30. The van der Waals surface area contributed by atoms with Crippen LogP contribution in [0.15, 0.2) is 29.6 Å². The van der Waals surface area contributed by atoms with Crippen molar-refractivity contribution in [3.63, 3.8) is 0 Å². The molecule has 3 rings (SSSR count). The van der Waals surface area contributed by atoms with Crippen LogP contribution in [-0.4, -0.2) is 47.4 Å². The summed E-state index contributed by atoms with van der Waals surface area (Å²) in [7, 11) is 0. The van der Waals surface area contributed by atoms with E-state index in [0.717, 1.165) is 29.5 Å². The summed E-state index contributed by atoms with van der Waals surface area (Å²) >= 11 is 0.985. The van der Waals surface area contributed by atoms with E-state index in [9.17, 15) is 27.6 Å². The molecule has 7 nitrogen and oxygen atoms in total. The number of halogens is 3. The quantitative estimate of drug-likeness (QED) is 0.693. The van der Waals surface area contributed by atoms with Crippen molar-refractivity contribution >= 4 is 34.3 Å². The number of amides is 2. The first-order valence-corrected chi connectivity index (χ1v) is 10.5. The first-order valence-electron chi connectivity index (χ1n) is 9.59. The average Bonchev–Trinajstić information content (AvgIpc) is 3.21. The van der Waals surface area contributed by atoms with E-state index >= 15 is 0 Å². The number of thiazole rings is 1. The number of rotatable bonds is 5. The van der Waals surface area contributed by atoms with Gasteiger partial charge in [0.2, 0.25) is 0 Å². The standard InChI is InChI=1S/C20H20F3N3O4S/c1-2-30-18(29)13-6-4-8-26(10-13)17(28)15-11-31-19(24-15)25-16(27)12-5-3-7-14(9-12)20(21,22)23/h3,5,7,9,11,13H,2,4,6,8,10H2,1H3,(H,24,25,27). The molecule has 0 aliphatic carbocycles. The van der Waals surface area contributed by atoms with Crippen molar-refractivity contribution < 1.29 is 32.3 Å². The van der Waals surface area contributed by atoms with E-state index in [1.165, 1.54) is 16.3 Å². The molecule has 1 aliphatic rings. The molecule has 11 heteroatoms. The molecule has 0 radical (unpaired) electrons. The van der Waals surface area contributed by atoms with Crippen LogP contribution in [0.3, 0.4) is 0 Å². The van der Waals surface area contributed by atoms with Gasteiger partial charge in [-0.2, -0.15) is 13.2 Å². The highest BCUT2D eigenvalue weighted by Gasteiger charge is 2.32. The summed E-state index contributed by atoms with van der Waals surface area (Å²) in [5.74, 6) is -1.88. The summed E-state index contributed by atoms with van der Waals surface area (Å²) in [5, 5.41) is 3.96. The van der Waals surface area contributed by atoms with Crippen molar-refractivity contribution in [3.05, 3.63) is 46.5 Å². The summed E-state index contributed by atoms with van der Waals surface area (Å²) in [6.45, 7) is 2.68. The van der Waals surface area contributed by atoms with E-state index in [1.54, 1.807) is 6.92 Å². The summed E-state index contributed by atoms with van der Waals surface area (Å²) in [6.07, 6.45) is -3.27. The van der Waals surface area contributed by atoms with Crippen LogP contribution in [0.25, 0.3) is 0 Å². The molecule has 1 aliphatic heterocycles. The Morgan fingerprint density at radius 1 is 1.32 bits per heavy atom. The van der Waals surface area contributed by atoms with Crippen molar-refractivity contribution in [3.8, 4) is 0 Å². The molecule has 1 atom stereocenters. The van der Waals surface area contributed by atoms with Gasteiger partial charge in [-0.1, -0.05) is 6.07 Å². The van der Waals surface area contributed by atoms with Gasteiger partial charge in [0, 0.05) is 24.0 Å². The molecule has 2 amide bonds. The zero-order valence-corrected chi connectivity index (χ0v) is 17.4. The van der Waals surface area contributed by atoms with Crippen LogP contribution in [-0.2, 0) is 15.7 Å². The van der Waals surface area contributed by atoms with E-state index in [4.69, 9.17) is 4.74 Å². The number of piperidine rings is 1. The minimum atomic E-state index is -4.56. The number of aromatic nitrogens is 1. The number of carbonyl (C=O) groups is 3. The Morgan fingerprint density at radius 2 is 2.10 bits per heavy atom. The van der Waals surface area contributed by atoms with Crippen molar-refractivity contribution in [2.75, 3.05) is 25.0 Å². The van der Waals surface area contributed by atoms with Gasteiger partial charge in [-0.25, -0.2) is 4.98 Å². The Hall–Kier alpha value is -2.95. The summed E-state index contributed by atoms with van der Waals surface area (Å²) < 4.78 is 43.5. The van der Waals surface area contributed by atoms with E-state index in [1.807, 2.05) is 0 Å². The lowest BCUT2D eigenvalue weighted by molar-refractivity contribution is -0.149. The second-order valence-corrected chi connectivity index (χ2v) is 7.77. The number of hydrogen-bond acceptors (Lipinski definition) is 6. The van der Waals surface area contributed by atoms with Gasteiger partial charge in [-0.15, -0.1) is 11.3 Å². The molecular formula is C20H20F3N3O4S. The van der Waals surface area contributed by atoms with Crippen molar-refractivity contribution in [1.82, 2.24) is 9.88 Å². The number of anilines is 1. The van der Waals surface area contributed by atoms with E-state index in [-0.39, 0.29) is 41.4 Å². The highest BCUT2D eigenvalue weighted by molar-refractivity contribution is 7.14. The molecule has 0 spiro atoms. The Labute approximate surface area is 180 Å². The zero-order valence-electron chi connectivity index (χ0n) is 16.6. The Kier molecular flexibility index (Phi) is 6.94. The van der Waals surface area contributed by atoms with Crippen LogP contribution in [0.1, 0.15) is 46.2 Å². The van der Waals surface area contributed by atoms with E-state index < -0.39 is 23.6 Å². The smallest absolute Gasteiger partial charge is 0.416 e. The van der Waals surface area contributed by atoms with Crippen LogP contribution in [0.4, 0.5) is 18.3 Å². The minimum absolute atomic E-state index is 0.0877. The molecule has 1 aromatic carbocycles. The third kappa shape index (κ3) is 5.60. The van der Waals surface area contributed by atoms with Crippen molar-refractivity contribution in [2.45, 2.75) is 25.9 Å². The number of likely N-dealkylation sites (tertiary alicyclic amines) is 1. The highest BCUT2D eigenvalue weighted by atomic mass is 32.1. The van der Waals surface area contributed by atoms with Crippen molar-refractivity contribution in [2.24, 2.45) is 5.92 Å². The maximum absolute atomic E-state index is 12.8. The lowest BCUT2D eigenvalue weighted by Gasteiger charge is -2.31. The number of benzene rings is 1.